The summed E-state index contributed by atoms with van der Waals surface area (Å²) in [5.41, 5.74) is 16.8. The molecule has 35 heavy (non-hydrogen) atoms. The van der Waals surface area contributed by atoms with Gasteiger partial charge in [-0.1, -0.05) is 38.1 Å². The highest BCUT2D eigenvalue weighted by Crippen LogP contribution is 2.29. The number of carbonyl (C=O) groups is 1. The molecule has 0 atom stereocenters. The Morgan fingerprint density at radius 3 is 2.51 bits per heavy atom. The van der Waals surface area contributed by atoms with Crippen molar-refractivity contribution in [3.8, 4) is 0 Å². The van der Waals surface area contributed by atoms with Crippen LogP contribution < -0.4 is 27.0 Å². The standard InChI is InChI=1S/C16H27N5S.C9H11NO.C2H6/c1-16(17)5-8-21(9-6-16)15-4-7-19-11-14(15)20-10-13(18-2)12-22-3;10-6-5-8-3-1-2-4-9(8)7-11;1-2/h4,7,11-12,18,20H,5-6,8-10,17H2,1-3H3;1-4,7H,5-6,10H2;1-2H3/b13-12-;;. The molecular weight excluding hydrogens is 456 g/mol. The van der Waals surface area contributed by atoms with Crippen molar-refractivity contribution in [3.63, 3.8) is 0 Å². The van der Waals surface area contributed by atoms with Crippen molar-refractivity contribution in [2.24, 2.45) is 11.5 Å². The number of hydrogen-bond acceptors (Lipinski definition) is 8. The van der Waals surface area contributed by atoms with Gasteiger partial charge in [-0.2, -0.15) is 0 Å². The van der Waals surface area contributed by atoms with Gasteiger partial charge in [0.2, 0.25) is 0 Å². The van der Waals surface area contributed by atoms with E-state index < -0.39 is 0 Å². The lowest BCUT2D eigenvalue weighted by Gasteiger charge is -2.38. The second-order valence-electron chi connectivity index (χ2n) is 8.37. The predicted octanol–water partition coefficient (Wildman–Crippen LogP) is 4.26. The van der Waals surface area contributed by atoms with Crippen LogP contribution in [-0.4, -0.2) is 56.3 Å². The lowest BCUT2D eigenvalue weighted by atomic mass is 9.91. The van der Waals surface area contributed by atoms with Crippen LogP contribution in [0.25, 0.3) is 0 Å². The van der Waals surface area contributed by atoms with Crippen molar-refractivity contribution >= 4 is 29.4 Å². The Morgan fingerprint density at radius 2 is 1.91 bits per heavy atom. The maximum atomic E-state index is 10.5. The quantitative estimate of drug-likeness (QED) is 0.378. The third kappa shape index (κ3) is 10.7. The van der Waals surface area contributed by atoms with Gasteiger partial charge in [0.1, 0.15) is 6.29 Å². The number of anilines is 2. The van der Waals surface area contributed by atoms with Gasteiger partial charge in [-0.05, 0) is 56.0 Å². The summed E-state index contributed by atoms with van der Waals surface area (Å²) >= 11 is 1.70. The molecule has 2 aromatic rings. The minimum Gasteiger partial charge on any atom is -0.390 e. The monoisotopic (exact) mass is 500 g/mol. The van der Waals surface area contributed by atoms with E-state index in [-0.39, 0.29) is 5.54 Å². The highest BCUT2D eigenvalue weighted by Gasteiger charge is 2.26. The molecule has 1 fully saturated rings. The van der Waals surface area contributed by atoms with Crippen LogP contribution in [0, 0.1) is 0 Å². The fraction of sp³-hybridized carbons (Fsp3) is 0.481. The average Bonchev–Trinajstić information content (AvgIpc) is 2.89. The zero-order valence-corrected chi connectivity index (χ0v) is 22.8. The normalized spacial score (nSPS) is 14.6. The number of carbonyl (C=O) groups excluding carboxylic acids is 1. The van der Waals surface area contributed by atoms with Crippen LogP contribution >= 0.6 is 11.8 Å². The summed E-state index contributed by atoms with van der Waals surface area (Å²) in [5.74, 6) is 0. The van der Waals surface area contributed by atoms with Crippen LogP contribution in [0.5, 0.6) is 0 Å². The van der Waals surface area contributed by atoms with Gasteiger partial charge < -0.3 is 27.0 Å². The Bertz CT molecular complexity index is 893. The number of benzene rings is 1. The molecule has 7 nitrogen and oxygen atoms in total. The summed E-state index contributed by atoms with van der Waals surface area (Å²) in [6.07, 6.45) is 9.49. The largest absolute Gasteiger partial charge is 0.390 e. The molecule has 194 valence electrons. The van der Waals surface area contributed by atoms with E-state index in [2.05, 4.69) is 45.2 Å². The van der Waals surface area contributed by atoms with Gasteiger partial charge in [0.05, 0.1) is 24.1 Å². The smallest absolute Gasteiger partial charge is 0.150 e. The summed E-state index contributed by atoms with van der Waals surface area (Å²) in [6, 6.07) is 9.58. The van der Waals surface area contributed by atoms with Gasteiger partial charge in [0, 0.05) is 43.1 Å². The summed E-state index contributed by atoms with van der Waals surface area (Å²) in [5, 5.41) is 8.81. The first-order chi connectivity index (χ1) is 16.9. The van der Waals surface area contributed by atoms with E-state index in [1.54, 1.807) is 17.8 Å². The number of hydrogen-bond donors (Lipinski definition) is 4. The number of nitrogens with one attached hydrogen (secondary N) is 2. The minimum absolute atomic E-state index is 0.0302. The Morgan fingerprint density at radius 1 is 1.23 bits per heavy atom. The fourth-order valence-electron chi connectivity index (χ4n) is 3.61. The van der Waals surface area contributed by atoms with Gasteiger partial charge in [0.25, 0.3) is 0 Å². The molecule has 0 bridgehead atoms. The van der Waals surface area contributed by atoms with Crippen molar-refractivity contribution in [3.05, 3.63) is 65.0 Å². The Balaban J connectivity index is 0.000000395. The molecule has 0 aliphatic carbocycles. The van der Waals surface area contributed by atoms with E-state index in [0.29, 0.717) is 6.54 Å². The third-order valence-electron chi connectivity index (χ3n) is 5.69. The molecule has 2 heterocycles. The number of rotatable bonds is 9. The molecule has 8 heteroatoms. The van der Waals surface area contributed by atoms with Crippen molar-refractivity contribution in [2.45, 2.75) is 45.6 Å². The number of aromatic nitrogens is 1. The van der Waals surface area contributed by atoms with Gasteiger partial charge in [-0.25, -0.2) is 0 Å². The van der Waals surface area contributed by atoms with Crippen molar-refractivity contribution in [1.82, 2.24) is 10.3 Å². The summed E-state index contributed by atoms with van der Waals surface area (Å²) in [7, 11) is 1.95. The summed E-state index contributed by atoms with van der Waals surface area (Å²) < 4.78 is 0. The lowest BCUT2D eigenvalue weighted by molar-refractivity contribution is 0.112. The van der Waals surface area contributed by atoms with E-state index in [0.717, 1.165) is 67.7 Å². The molecule has 0 spiro atoms. The molecule has 1 aromatic carbocycles. The number of pyridine rings is 1. The molecule has 1 saturated heterocycles. The molecule has 0 amide bonds. The molecular formula is C27H44N6OS. The molecule has 3 rings (SSSR count). The highest BCUT2D eigenvalue weighted by molar-refractivity contribution is 8.01. The number of piperidine rings is 1. The van der Waals surface area contributed by atoms with Gasteiger partial charge in [-0.15, -0.1) is 11.8 Å². The fourth-order valence-corrected chi connectivity index (χ4v) is 4.10. The van der Waals surface area contributed by atoms with Crippen LogP contribution in [0.1, 0.15) is 49.5 Å². The lowest BCUT2D eigenvalue weighted by Crippen LogP contribution is -2.48. The number of nitrogens with zero attached hydrogens (tertiary/aromatic N) is 2. The SMILES string of the molecule is CC.CN/C(=C\SC)CNc1cnccc1N1CCC(C)(N)CC1.NCCc1ccccc1C=O. The van der Waals surface area contributed by atoms with E-state index >= 15 is 0 Å². The third-order valence-corrected chi connectivity index (χ3v) is 6.21. The van der Waals surface area contributed by atoms with E-state index in [1.165, 1.54) is 5.69 Å². The second-order valence-corrected chi connectivity index (χ2v) is 9.08. The van der Waals surface area contributed by atoms with Crippen LogP contribution in [0.4, 0.5) is 11.4 Å². The minimum atomic E-state index is -0.0302. The van der Waals surface area contributed by atoms with Crippen LogP contribution in [0.3, 0.4) is 0 Å². The maximum absolute atomic E-state index is 10.5. The molecule has 1 aromatic heterocycles. The van der Waals surface area contributed by atoms with Crippen LogP contribution in [0.2, 0.25) is 0 Å². The van der Waals surface area contributed by atoms with E-state index in [1.807, 2.05) is 51.5 Å². The Kier molecular flexibility index (Phi) is 14.8. The zero-order valence-electron chi connectivity index (χ0n) is 22.0. The van der Waals surface area contributed by atoms with E-state index in [4.69, 9.17) is 11.5 Å². The molecule has 6 N–H and O–H groups in total. The number of thioether (sulfide) groups is 1. The molecule has 0 unspecified atom stereocenters. The van der Waals surface area contributed by atoms with Crippen molar-refractivity contribution in [1.29, 1.82) is 0 Å². The topological polar surface area (TPSA) is 109 Å². The maximum Gasteiger partial charge on any atom is 0.150 e. The van der Waals surface area contributed by atoms with E-state index in [9.17, 15) is 4.79 Å². The number of nitrogens with two attached hydrogens (primary N) is 2. The number of aldehydes is 1. The molecule has 1 aliphatic heterocycles. The summed E-state index contributed by atoms with van der Waals surface area (Å²) in [4.78, 5) is 17.1. The molecule has 1 aliphatic rings. The highest BCUT2D eigenvalue weighted by atomic mass is 32.2. The molecule has 0 saturated carbocycles. The van der Waals surface area contributed by atoms with Crippen molar-refractivity contribution < 1.29 is 4.79 Å². The summed E-state index contributed by atoms with van der Waals surface area (Å²) in [6.45, 7) is 9.47. The predicted molar refractivity (Wildman–Crippen MR) is 153 cm³/mol. The van der Waals surface area contributed by atoms with Gasteiger partial charge in [-0.3, -0.25) is 9.78 Å². The first-order valence-electron chi connectivity index (χ1n) is 12.3. The first kappa shape index (κ1) is 30.5. The Hall–Kier alpha value is -2.55. The first-order valence-corrected chi connectivity index (χ1v) is 13.6. The average molecular weight is 501 g/mol. The molecule has 0 radical (unpaired) electrons. The van der Waals surface area contributed by atoms with Crippen molar-refractivity contribution in [2.75, 3.05) is 49.7 Å². The van der Waals surface area contributed by atoms with Gasteiger partial charge >= 0.3 is 0 Å². The second kappa shape index (κ2) is 17.0. The zero-order chi connectivity index (χ0) is 26.1. The van der Waals surface area contributed by atoms with Gasteiger partial charge in [0.15, 0.2) is 0 Å². The van der Waals surface area contributed by atoms with Crippen LogP contribution in [0.15, 0.2) is 53.8 Å². The number of likely N-dealkylation sites (N-methyl/N-ethyl adjacent to an activating group) is 1. The Labute approximate surface area is 216 Å². The van der Waals surface area contributed by atoms with Crippen LogP contribution in [-0.2, 0) is 6.42 Å².